The molecule has 1 aromatic carbocycles. The van der Waals surface area contributed by atoms with Crippen LogP contribution in [0.3, 0.4) is 0 Å². The fourth-order valence-electron chi connectivity index (χ4n) is 1.55. The normalized spacial score (nSPS) is 22.0. The first-order valence-electron chi connectivity index (χ1n) is 5.06. The lowest BCUT2D eigenvalue weighted by Crippen LogP contribution is -2.07. The minimum atomic E-state index is 0.167. The van der Waals surface area contributed by atoms with Crippen LogP contribution in [0.25, 0.3) is 0 Å². The van der Waals surface area contributed by atoms with E-state index in [1.165, 1.54) is 11.1 Å². The first-order chi connectivity index (χ1) is 6.77. The van der Waals surface area contributed by atoms with Gasteiger partial charge in [0.1, 0.15) is 6.10 Å². The van der Waals surface area contributed by atoms with Crippen molar-refractivity contribution in [1.29, 1.82) is 0 Å². The van der Waals surface area contributed by atoms with Crippen molar-refractivity contribution < 1.29 is 9.47 Å². The van der Waals surface area contributed by atoms with Gasteiger partial charge >= 0.3 is 0 Å². The van der Waals surface area contributed by atoms with Crippen molar-refractivity contribution in [2.45, 2.75) is 26.1 Å². The highest BCUT2D eigenvalue weighted by Gasteiger charge is 2.23. The van der Waals surface area contributed by atoms with Gasteiger partial charge in [-0.25, -0.2) is 0 Å². The number of hydrogen-bond donors (Lipinski definition) is 0. The summed E-state index contributed by atoms with van der Waals surface area (Å²) in [4.78, 5) is 0. The van der Waals surface area contributed by atoms with Gasteiger partial charge in [-0.3, -0.25) is 0 Å². The predicted molar refractivity (Wildman–Crippen MR) is 55.3 cm³/mol. The molecule has 0 aliphatic carbocycles. The lowest BCUT2D eigenvalue weighted by Gasteiger charge is -2.14. The molecule has 0 N–H and O–H groups in total. The molecular formula is C12H16O2. The van der Waals surface area contributed by atoms with E-state index in [0.29, 0.717) is 6.10 Å². The molecule has 1 aromatic rings. The molecule has 0 spiro atoms. The zero-order valence-electron chi connectivity index (χ0n) is 8.69. The van der Waals surface area contributed by atoms with E-state index in [4.69, 9.17) is 9.47 Å². The molecule has 1 fully saturated rings. The van der Waals surface area contributed by atoms with Crippen LogP contribution in [-0.4, -0.2) is 19.3 Å². The average Bonchev–Trinajstić information content (AvgIpc) is 2.98. The number of benzene rings is 1. The second-order valence-corrected chi connectivity index (χ2v) is 3.79. The third-order valence-electron chi connectivity index (χ3n) is 2.56. The standard InChI is InChI=1S/C12H16O2/c1-9-5-3-4-6-12(9)10(2)13-7-11-8-14-11/h3-6,10-11H,7-8H2,1-2H3/t10-,11+/m1/s1. The Kier molecular flexibility index (Phi) is 2.85. The molecule has 2 nitrogen and oxygen atoms in total. The maximum absolute atomic E-state index is 5.71. The van der Waals surface area contributed by atoms with E-state index < -0.39 is 0 Å². The minimum Gasteiger partial charge on any atom is -0.371 e. The lowest BCUT2D eigenvalue weighted by molar-refractivity contribution is 0.0536. The Morgan fingerprint density at radius 2 is 2.21 bits per heavy atom. The first-order valence-corrected chi connectivity index (χ1v) is 5.06. The van der Waals surface area contributed by atoms with Crippen LogP contribution in [0, 0.1) is 6.92 Å². The highest BCUT2D eigenvalue weighted by Crippen LogP contribution is 2.22. The summed E-state index contributed by atoms with van der Waals surface area (Å²) < 4.78 is 10.8. The van der Waals surface area contributed by atoms with Gasteiger partial charge in [0.05, 0.1) is 19.3 Å². The highest BCUT2D eigenvalue weighted by atomic mass is 16.6. The topological polar surface area (TPSA) is 21.8 Å². The third-order valence-corrected chi connectivity index (χ3v) is 2.56. The molecule has 1 heterocycles. The Labute approximate surface area is 84.8 Å². The Balaban J connectivity index is 1.95. The van der Waals surface area contributed by atoms with Crippen molar-refractivity contribution in [3.8, 4) is 0 Å². The molecule has 0 bridgehead atoms. The highest BCUT2D eigenvalue weighted by molar-refractivity contribution is 5.27. The maximum atomic E-state index is 5.71. The molecule has 2 rings (SSSR count). The summed E-state index contributed by atoms with van der Waals surface area (Å²) >= 11 is 0. The summed E-state index contributed by atoms with van der Waals surface area (Å²) in [7, 11) is 0. The Morgan fingerprint density at radius 1 is 1.50 bits per heavy atom. The number of ether oxygens (including phenoxy) is 2. The van der Waals surface area contributed by atoms with Crippen molar-refractivity contribution in [3.63, 3.8) is 0 Å². The van der Waals surface area contributed by atoms with Gasteiger partial charge in [-0.05, 0) is 25.0 Å². The number of hydrogen-bond acceptors (Lipinski definition) is 2. The zero-order valence-corrected chi connectivity index (χ0v) is 8.69. The predicted octanol–water partition coefficient (Wildman–Crippen LogP) is 2.47. The van der Waals surface area contributed by atoms with Crippen LogP contribution in [0.15, 0.2) is 24.3 Å². The van der Waals surface area contributed by atoms with Crippen molar-refractivity contribution in [1.82, 2.24) is 0 Å². The van der Waals surface area contributed by atoms with E-state index in [1.54, 1.807) is 0 Å². The van der Waals surface area contributed by atoms with Gasteiger partial charge in [0.2, 0.25) is 0 Å². The quantitative estimate of drug-likeness (QED) is 0.683. The van der Waals surface area contributed by atoms with Gasteiger partial charge in [-0.1, -0.05) is 24.3 Å². The summed E-state index contributed by atoms with van der Waals surface area (Å²) in [5.74, 6) is 0. The van der Waals surface area contributed by atoms with Gasteiger partial charge in [0.25, 0.3) is 0 Å². The second kappa shape index (κ2) is 4.11. The molecule has 1 aliphatic heterocycles. The first kappa shape index (κ1) is 9.69. The Bertz CT molecular complexity index is 305. The molecule has 1 aliphatic rings. The van der Waals surface area contributed by atoms with Gasteiger partial charge in [-0.2, -0.15) is 0 Å². The molecule has 14 heavy (non-hydrogen) atoms. The van der Waals surface area contributed by atoms with Crippen molar-refractivity contribution in [2.75, 3.05) is 13.2 Å². The van der Waals surface area contributed by atoms with Crippen molar-refractivity contribution in [2.24, 2.45) is 0 Å². The molecule has 0 radical (unpaired) electrons. The molecule has 76 valence electrons. The Hall–Kier alpha value is -0.860. The van der Waals surface area contributed by atoms with Crippen molar-refractivity contribution in [3.05, 3.63) is 35.4 Å². The molecule has 0 aromatic heterocycles. The molecular weight excluding hydrogens is 176 g/mol. The van der Waals surface area contributed by atoms with Crippen LogP contribution in [-0.2, 0) is 9.47 Å². The number of aryl methyl sites for hydroxylation is 1. The summed E-state index contributed by atoms with van der Waals surface area (Å²) in [6.07, 6.45) is 0.516. The largest absolute Gasteiger partial charge is 0.371 e. The van der Waals surface area contributed by atoms with Crippen LogP contribution in [0.4, 0.5) is 0 Å². The van der Waals surface area contributed by atoms with E-state index >= 15 is 0 Å². The van der Waals surface area contributed by atoms with Crippen LogP contribution in [0.2, 0.25) is 0 Å². The van der Waals surface area contributed by atoms with E-state index in [0.717, 1.165) is 13.2 Å². The monoisotopic (exact) mass is 192 g/mol. The van der Waals surface area contributed by atoms with Gasteiger partial charge in [-0.15, -0.1) is 0 Å². The fourth-order valence-corrected chi connectivity index (χ4v) is 1.55. The molecule has 1 saturated heterocycles. The average molecular weight is 192 g/mol. The maximum Gasteiger partial charge on any atom is 0.104 e. The fraction of sp³-hybridized carbons (Fsp3) is 0.500. The van der Waals surface area contributed by atoms with Crippen LogP contribution in [0.1, 0.15) is 24.2 Å². The molecule has 2 atom stereocenters. The summed E-state index contributed by atoms with van der Waals surface area (Å²) in [6.45, 7) is 5.78. The summed E-state index contributed by atoms with van der Waals surface area (Å²) in [6, 6.07) is 8.34. The molecule has 0 unspecified atom stereocenters. The van der Waals surface area contributed by atoms with Gasteiger partial charge < -0.3 is 9.47 Å². The van der Waals surface area contributed by atoms with E-state index in [-0.39, 0.29) is 6.10 Å². The number of rotatable bonds is 4. The molecule has 2 heteroatoms. The van der Waals surface area contributed by atoms with E-state index in [9.17, 15) is 0 Å². The summed E-state index contributed by atoms with van der Waals surface area (Å²) in [5.41, 5.74) is 2.56. The van der Waals surface area contributed by atoms with E-state index in [1.807, 2.05) is 0 Å². The summed E-state index contributed by atoms with van der Waals surface area (Å²) in [5, 5.41) is 0. The van der Waals surface area contributed by atoms with Crippen molar-refractivity contribution >= 4 is 0 Å². The zero-order chi connectivity index (χ0) is 9.97. The number of epoxide rings is 1. The second-order valence-electron chi connectivity index (χ2n) is 3.79. The van der Waals surface area contributed by atoms with Crippen LogP contribution in [0.5, 0.6) is 0 Å². The Morgan fingerprint density at radius 3 is 2.86 bits per heavy atom. The minimum absolute atomic E-state index is 0.167. The van der Waals surface area contributed by atoms with Gasteiger partial charge in [0, 0.05) is 0 Å². The third kappa shape index (κ3) is 2.34. The lowest BCUT2D eigenvalue weighted by atomic mass is 10.0. The van der Waals surface area contributed by atoms with Crippen LogP contribution < -0.4 is 0 Å². The van der Waals surface area contributed by atoms with E-state index in [2.05, 4.69) is 38.1 Å². The molecule has 0 amide bonds. The van der Waals surface area contributed by atoms with Gasteiger partial charge in [0.15, 0.2) is 0 Å². The SMILES string of the molecule is Cc1ccccc1[C@@H](C)OC[C@H]1CO1. The smallest absolute Gasteiger partial charge is 0.104 e. The van der Waals surface area contributed by atoms with Crippen LogP contribution >= 0.6 is 0 Å². The molecule has 0 saturated carbocycles.